The molecule has 0 N–H and O–H groups in total. The molecule has 0 aliphatic heterocycles. The lowest BCUT2D eigenvalue weighted by molar-refractivity contribution is 0.0526. The Kier molecular flexibility index (Phi) is 5.25. The highest BCUT2D eigenvalue weighted by molar-refractivity contribution is 5.91. The molecular weight excluding hydrogens is 278 g/mol. The quantitative estimate of drug-likeness (QED) is 0.609. The molecule has 22 heavy (non-hydrogen) atoms. The first-order valence-corrected chi connectivity index (χ1v) is 7.07. The van der Waals surface area contributed by atoms with Crippen LogP contribution in [0.2, 0.25) is 0 Å². The first-order chi connectivity index (χ1) is 10.6. The van der Waals surface area contributed by atoms with Gasteiger partial charge in [0.05, 0.1) is 23.5 Å². The summed E-state index contributed by atoms with van der Waals surface area (Å²) in [6.45, 7) is 2.12. The molecule has 0 atom stereocenters. The van der Waals surface area contributed by atoms with Gasteiger partial charge >= 0.3 is 5.97 Å². The predicted molar refractivity (Wildman–Crippen MR) is 87.3 cm³/mol. The van der Waals surface area contributed by atoms with Crippen LogP contribution in [-0.4, -0.2) is 26.7 Å². The summed E-state index contributed by atoms with van der Waals surface area (Å²) in [7, 11) is 3.84. The number of benzene rings is 2. The Balaban J connectivity index is 2.36. The lowest BCUT2D eigenvalue weighted by Gasteiger charge is -2.15. The summed E-state index contributed by atoms with van der Waals surface area (Å²) in [5.74, 6) is -0.357. The zero-order chi connectivity index (χ0) is 15.9. The van der Waals surface area contributed by atoms with Crippen LogP contribution in [0.3, 0.4) is 0 Å². The van der Waals surface area contributed by atoms with Crippen LogP contribution in [0.15, 0.2) is 58.8 Å². The number of carbonyl (C=O) groups is 1. The van der Waals surface area contributed by atoms with Gasteiger partial charge in [-0.05, 0) is 37.3 Å². The van der Waals surface area contributed by atoms with Crippen LogP contribution >= 0.6 is 0 Å². The van der Waals surface area contributed by atoms with Crippen LogP contribution in [0.25, 0.3) is 0 Å². The molecule has 0 saturated carbocycles. The Labute approximate surface area is 130 Å². The summed E-state index contributed by atoms with van der Waals surface area (Å²) in [5.41, 5.74) is 2.73. The van der Waals surface area contributed by atoms with Crippen molar-refractivity contribution in [1.82, 2.24) is 0 Å². The zero-order valence-corrected chi connectivity index (χ0v) is 13.0. The Hall–Kier alpha value is -2.69. The van der Waals surface area contributed by atoms with Crippen LogP contribution in [0.1, 0.15) is 17.3 Å². The Morgan fingerprint density at radius 3 is 2.45 bits per heavy atom. The zero-order valence-electron chi connectivity index (χ0n) is 13.0. The third kappa shape index (κ3) is 3.91. The van der Waals surface area contributed by atoms with E-state index >= 15 is 0 Å². The summed E-state index contributed by atoms with van der Waals surface area (Å²) in [6.07, 6.45) is 0. The second-order valence-electron chi connectivity index (χ2n) is 4.85. The number of hydrogen-bond acceptors (Lipinski definition) is 5. The van der Waals surface area contributed by atoms with E-state index in [-0.39, 0.29) is 5.97 Å². The maximum Gasteiger partial charge on any atom is 0.338 e. The van der Waals surface area contributed by atoms with Crippen molar-refractivity contribution in [3.63, 3.8) is 0 Å². The summed E-state index contributed by atoms with van der Waals surface area (Å²) < 4.78 is 5.02. The second kappa shape index (κ2) is 7.36. The van der Waals surface area contributed by atoms with Crippen LogP contribution in [0, 0.1) is 0 Å². The van der Waals surface area contributed by atoms with E-state index in [4.69, 9.17) is 4.74 Å². The fraction of sp³-hybridized carbons (Fsp3) is 0.235. The minimum atomic E-state index is -0.357. The van der Waals surface area contributed by atoms with E-state index in [2.05, 4.69) is 10.2 Å². The van der Waals surface area contributed by atoms with Crippen molar-refractivity contribution in [2.24, 2.45) is 10.2 Å². The van der Waals surface area contributed by atoms with Gasteiger partial charge in [-0.3, -0.25) is 0 Å². The minimum absolute atomic E-state index is 0.342. The molecule has 0 bridgehead atoms. The molecule has 0 aliphatic rings. The molecule has 0 unspecified atom stereocenters. The number of carbonyl (C=O) groups excluding carboxylic acids is 1. The van der Waals surface area contributed by atoms with Gasteiger partial charge in [0, 0.05) is 14.1 Å². The molecule has 5 nitrogen and oxygen atoms in total. The molecule has 114 valence electrons. The first-order valence-electron chi connectivity index (χ1n) is 7.07. The van der Waals surface area contributed by atoms with Gasteiger partial charge in [0.1, 0.15) is 5.69 Å². The first kappa shape index (κ1) is 15.7. The van der Waals surface area contributed by atoms with Crippen molar-refractivity contribution in [1.29, 1.82) is 0 Å². The molecule has 0 fully saturated rings. The molecule has 0 radical (unpaired) electrons. The standard InChI is InChI=1S/C17H19N3O2/c1-4-22-17(21)13-10-11-16(20(2)3)15(12-13)19-18-14-8-6-5-7-9-14/h5-12H,4H2,1-3H3. The largest absolute Gasteiger partial charge is 0.462 e. The van der Waals surface area contributed by atoms with Gasteiger partial charge in [0.15, 0.2) is 0 Å². The summed E-state index contributed by atoms with van der Waals surface area (Å²) >= 11 is 0. The van der Waals surface area contributed by atoms with Gasteiger partial charge in [0.2, 0.25) is 0 Å². The molecule has 0 spiro atoms. The number of azo groups is 1. The van der Waals surface area contributed by atoms with E-state index in [0.29, 0.717) is 17.9 Å². The average molecular weight is 297 g/mol. The highest BCUT2D eigenvalue weighted by Gasteiger charge is 2.11. The van der Waals surface area contributed by atoms with E-state index in [0.717, 1.165) is 11.4 Å². The molecule has 0 aliphatic carbocycles. The van der Waals surface area contributed by atoms with Crippen LogP contribution < -0.4 is 4.90 Å². The molecular formula is C17H19N3O2. The number of rotatable bonds is 5. The Bertz CT molecular complexity index is 667. The van der Waals surface area contributed by atoms with Crippen molar-refractivity contribution >= 4 is 23.0 Å². The Morgan fingerprint density at radius 1 is 1.09 bits per heavy atom. The van der Waals surface area contributed by atoms with Crippen molar-refractivity contribution in [3.05, 3.63) is 54.1 Å². The lowest BCUT2D eigenvalue weighted by atomic mass is 10.1. The smallest absolute Gasteiger partial charge is 0.338 e. The molecule has 2 aromatic rings. The van der Waals surface area contributed by atoms with Crippen LogP contribution in [-0.2, 0) is 4.74 Å². The van der Waals surface area contributed by atoms with Gasteiger partial charge in [-0.15, -0.1) is 5.11 Å². The van der Waals surface area contributed by atoms with Gasteiger partial charge in [-0.1, -0.05) is 18.2 Å². The highest BCUT2D eigenvalue weighted by Crippen LogP contribution is 2.30. The lowest BCUT2D eigenvalue weighted by Crippen LogP contribution is -2.10. The fourth-order valence-electron chi connectivity index (χ4n) is 1.93. The topological polar surface area (TPSA) is 54.3 Å². The number of nitrogens with zero attached hydrogens (tertiary/aromatic N) is 3. The number of hydrogen-bond donors (Lipinski definition) is 0. The highest BCUT2D eigenvalue weighted by atomic mass is 16.5. The van der Waals surface area contributed by atoms with E-state index in [9.17, 15) is 4.79 Å². The van der Waals surface area contributed by atoms with Crippen molar-refractivity contribution in [2.45, 2.75) is 6.92 Å². The van der Waals surface area contributed by atoms with E-state index in [1.165, 1.54) is 0 Å². The van der Waals surface area contributed by atoms with Crippen LogP contribution in [0.5, 0.6) is 0 Å². The number of ether oxygens (including phenoxy) is 1. The summed E-state index contributed by atoms with van der Waals surface area (Å²) in [4.78, 5) is 13.8. The van der Waals surface area contributed by atoms with Crippen LogP contribution in [0.4, 0.5) is 17.1 Å². The molecule has 0 heterocycles. The van der Waals surface area contributed by atoms with E-state index in [1.54, 1.807) is 19.1 Å². The van der Waals surface area contributed by atoms with E-state index < -0.39 is 0 Å². The monoisotopic (exact) mass is 297 g/mol. The van der Waals surface area contributed by atoms with Crippen molar-refractivity contribution in [2.75, 3.05) is 25.6 Å². The minimum Gasteiger partial charge on any atom is -0.462 e. The maximum atomic E-state index is 11.8. The van der Waals surface area contributed by atoms with Crippen molar-refractivity contribution < 1.29 is 9.53 Å². The summed E-state index contributed by atoms with van der Waals surface area (Å²) in [6, 6.07) is 14.7. The van der Waals surface area contributed by atoms with Gasteiger partial charge in [-0.25, -0.2) is 4.79 Å². The SMILES string of the molecule is CCOC(=O)c1ccc(N(C)C)c(N=Nc2ccccc2)c1. The third-order valence-electron chi connectivity index (χ3n) is 3.00. The molecule has 2 aromatic carbocycles. The molecule has 0 aromatic heterocycles. The second-order valence-corrected chi connectivity index (χ2v) is 4.85. The van der Waals surface area contributed by atoms with Gasteiger partial charge < -0.3 is 9.64 Å². The van der Waals surface area contributed by atoms with Crippen molar-refractivity contribution in [3.8, 4) is 0 Å². The normalized spacial score (nSPS) is 10.7. The number of anilines is 1. The molecule has 0 amide bonds. The molecule has 2 rings (SSSR count). The molecule has 0 saturated heterocycles. The fourth-order valence-corrected chi connectivity index (χ4v) is 1.93. The molecule has 5 heteroatoms. The third-order valence-corrected chi connectivity index (χ3v) is 3.00. The number of esters is 1. The summed E-state index contributed by atoms with van der Waals surface area (Å²) in [5, 5.41) is 8.49. The predicted octanol–water partition coefficient (Wildman–Crippen LogP) is 4.34. The van der Waals surface area contributed by atoms with Gasteiger partial charge in [-0.2, -0.15) is 5.11 Å². The maximum absolute atomic E-state index is 11.8. The Morgan fingerprint density at radius 2 is 1.82 bits per heavy atom. The average Bonchev–Trinajstić information content (AvgIpc) is 2.53. The van der Waals surface area contributed by atoms with Gasteiger partial charge in [0.25, 0.3) is 0 Å². The van der Waals surface area contributed by atoms with E-state index in [1.807, 2.05) is 55.4 Å².